The second kappa shape index (κ2) is 8.07. The molecule has 0 atom stereocenters. The van der Waals surface area contributed by atoms with Gasteiger partial charge in [-0.3, -0.25) is 19.7 Å². The van der Waals surface area contributed by atoms with Crippen molar-refractivity contribution in [2.24, 2.45) is 0 Å². The van der Waals surface area contributed by atoms with Crippen LogP contribution < -0.4 is 10.6 Å². The van der Waals surface area contributed by atoms with E-state index in [0.717, 1.165) is 0 Å². The summed E-state index contributed by atoms with van der Waals surface area (Å²) in [6.07, 6.45) is 0.0739. The third-order valence-electron chi connectivity index (χ3n) is 3.12. The van der Waals surface area contributed by atoms with E-state index in [9.17, 15) is 19.7 Å². The van der Waals surface area contributed by atoms with Crippen molar-refractivity contribution in [3.8, 4) is 0 Å². The molecule has 0 aliphatic rings. The van der Waals surface area contributed by atoms with E-state index >= 15 is 0 Å². The second-order valence-corrected chi connectivity index (χ2v) is 5.30. The van der Waals surface area contributed by atoms with Crippen molar-refractivity contribution in [2.75, 3.05) is 11.9 Å². The van der Waals surface area contributed by atoms with Crippen LogP contribution in [0.2, 0.25) is 5.02 Å². The summed E-state index contributed by atoms with van der Waals surface area (Å²) < 4.78 is 0. The van der Waals surface area contributed by atoms with Crippen LogP contribution in [0.15, 0.2) is 48.5 Å². The van der Waals surface area contributed by atoms with E-state index in [2.05, 4.69) is 10.6 Å². The van der Waals surface area contributed by atoms with E-state index in [0.29, 0.717) is 16.3 Å². The minimum absolute atomic E-state index is 0.0685. The molecule has 0 heterocycles. The highest BCUT2D eigenvalue weighted by atomic mass is 35.5. The zero-order chi connectivity index (χ0) is 17.5. The maximum Gasteiger partial charge on any atom is 0.269 e. The number of carbonyl (C=O) groups is 2. The fraction of sp³-hybridized carbons (Fsp3) is 0.125. The molecule has 8 heteroatoms. The predicted octanol–water partition coefficient (Wildman–Crippen LogP) is 2.55. The van der Waals surface area contributed by atoms with E-state index in [1.54, 1.807) is 24.3 Å². The topological polar surface area (TPSA) is 101 Å². The summed E-state index contributed by atoms with van der Waals surface area (Å²) in [7, 11) is 0. The van der Waals surface area contributed by atoms with Gasteiger partial charge < -0.3 is 10.6 Å². The first-order valence-electron chi connectivity index (χ1n) is 7.00. The van der Waals surface area contributed by atoms with Crippen molar-refractivity contribution in [3.63, 3.8) is 0 Å². The predicted molar refractivity (Wildman–Crippen MR) is 89.9 cm³/mol. The fourth-order valence-electron chi connectivity index (χ4n) is 1.93. The van der Waals surface area contributed by atoms with Gasteiger partial charge in [-0.15, -0.1) is 0 Å². The Bertz CT molecular complexity index is 762. The third-order valence-corrected chi connectivity index (χ3v) is 3.49. The number of anilines is 1. The number of hydrogen-bond donors (Lipinski definition) is 2. The average Bonchev–Trinajstić information content (AvgIpc) is 2.55. The van der Waals surface area contributed by atoms with Crippen LogP contribution in [-0.4, -0.2) is 23.3 Å². The van der Waals surface area contributed by atoms with Crippen molar-refractivity contribution < 1.29 is 14.5 Å². The molecule has 0 unspecified atom stereocenters. The Morgan fingerprint density at radius 2 is 1.71 bits per heavy atom. The number of nitrogens with zero attached hydrogens (tertiary/aromatic N) is 1. The van der Waals surface area contributed by atoms with Gasteiger partial charge in [-0.05, 0) is 23.8 Å². The maximum absolute atomic E-state index is 11.8. The van der Waals surface area contributed by atoms with Crippen molar-refractivity contribution in [1.29, 1.82) is 0 Å². The van der Waals surface area contributed by atoms with Crippen molar-refractivity contribution >= 4 is 34.8 Å². The average molecular weight is 348 g/mol. The van der Waals surface area contributed by atoms with Crippen LogP contribution in [0, 0.1) is 10.1 Å². The number of carbonyl (C=O) groups excluding carboxylic acids is 2. The number of halogens is 1. The summed E-state index contributed by atoms with van der Waals surface area (Å²) in [5, 5.41) is 16.1. The Labute approximate surface area is 142 Å². The van der Waals surface area contributed by atoms with Crippen molar-refractivity contribution in [1.82, 2.24) is 5.32 Å². The van der Waals surface area contributed by atoms with Gasteiger partial charge in [0, 0.05) is 22.8 Å². The number of nitro benzene ring substituents is 1. The molecule has 0 saturated heterocycles. The number of nitrogens with one attached hydrogen (secondary N) is 2. The Hall–Kier alpha value is -2.93. The molecule has 0 saturated carbocycles. The van der Waals surface area contributed by atoms with Crippen molar-refractivity contribution in [3.05, 3.63) is 69.2 Å². The normalized spacial score (nSPS) is 10.0. The summed E-state index contributed by atoms with van der Waals surface area (Å²) in [4.78, 5) is 33.6. The summed E-state index contributed by atoms with van der Waals surface area (Å²) >= 11 is 5.97. The molecular formula is C16H14ClN3O4. The lowest BCUT2D eigenvalue weighted by Gasteiger charge is -2.07. The van der Waals surface area contributed by atoms with Gasteiger partial charge >= 0.3 is 0 Å². The van der Waals surface area contributed by atoms with Gasteiger partial charge in [-0.25, -0.2) is 0 Å². The van der Waals surface area contributed by atoms with E-state index < -0.39 is 10.8 Å². The summed E-state index contributed by atoms with van der Waals surface area (Å²) in [6, 6.07) is 12.4. The van der Waals surface area contributed by atoms with Gasteiger partial charge in [0.05, 0.1) is 17.9 Å². The largest absolute Gasteiger partial charge is 0.347 e. The molecule has 0 aliphatic heterocycles. The summed E-state index contributed by atoms with van der Waals surface area (Å²) in [6.45, 7) is -0.208. The van der Waals surface area contributed by atoms with Gasteiger partial charge in [0.1, 0.15) is 0 Å². The van der Waals surface area contributed by atoms with Crippen LogP contribution >= 0.6 is 11.6 Å². The lowest BCUT2D eigenvalue weighted by atomic mass is 10.1. The Kier molecular flexibility index (Phi) is 5.86. The minimum atomic E-state index is -0.527. The second-order valence-electron chi connectivity index (χ2n) is 4.90. The quantitative estimate of drug-likeness (QED) is 0.619. The molecule has 24 heavy (non-hydrogen) atoms. The van der Waals surface area contributed by atoms with E-state index in [4.69, 9.17) is 11.6 Å². The first kappa shape index (κ1) is 17.4. The van der Waals surface area contributed by atoms with Crippen LogP contribution in [-0.2, 0) is 16.0 Å². The van der Waals surface area contributed by atoms with E-state index in [1.807, 2.05) is 0 Å². The first-order valence-corrected chi connectivity index (χ1v) is 7.38. The van der Waals surface area contributed by atoms with E-state index in [-0.39, 0.29) is 24.6 Å². The maximum atomic E-state index is 11.8. The number of amides is 2. The van der Waals surface area contributed by atoms with Gasteiger partial charge in [0.2, 0.25) is 11.8 Å². The molecule has 124 valence electrons. The molecule has 2 aromatic rings. The Morgan fingerprint density at radius 1 is 1.04 bits per heavy atom. The molecule has 0 spiro atoms. The highest BCUT2D eigenvalue weighted by molar-refractivity contribution is 6.31. The van der Waals surface area contributed by atoms with Gasteiger partial charge in [-0.1, -0.05) is 29.8 Å². The monoisotopic (exact) mass is 347 g/mol. The van der Waals surface area contributed by atoms with Crippen LogP contribution in [0.3, 0.4) is 0 Å². The molecule has 0 radical (unpaired) electrons. The van der Waals surface area contributed by atoms with Gasteiger partial charge in [0.15, 0.2) is 0 Å². The number of rotatable bonds is 6. The lowest BCUT2D eigenvalue weighted by molar-refractivity contribution is -0.384. The molecule has 2 aromatic carbocycles. The van der Waals surface area contributed by atoms with E-state index in [1.165, 1.54) is 24.3 Å². The first-order chi connectivity index (χ1) is 11.5. The fourth-order valence-corrected chi connectivity index (χ4v) is 2.13. The zero-order valence-electron chi connectivity index (χ0n) is 12.5. The van der Waals surface area contributed by atoms with Gasteiger partial charge in [-0.2, -0.15) is 0 Å². The molecule has 0 aliphatic carbocycles. The lowest BCUT2D eigenvalue weighted by Crippen LogP contribution is -2.33. The van der Waals surface area contributed by atoms with Crippen LogP contribution in [0.1, 0.15) is 5.56 Å². The number of hydrogen-bond acceptors (Lipinski definition) is 4. The molecule has 0 fully saturated rings. The number of benzene rings is 2. The summed E-state index contributed by atoms with van der Waals surface area (Å²) in [5.41, 5.74) is 1.01. The van der Waals surface area contributed by atoms with Crippen LogP contribution in [0.4, 0.5) is 11.4 Å². The third kappa shape index (κ3) is 5.06. The Balaban J connectivity index is 1.81. The molecule has 0 aromatic heterocycles. The molecule has 2 N–H and O–H groups in total. The van der Waals surface area contributed by atoms with Crippen molar-refractivity contribution in [2.45, 2.75) is 6.42 Å². The molecule has 7 nitrogen and oxygen atoms in total. The molecular weight excluding hydrogens is 334 g/mol. The SMILES string of the molecule is O=C(Cc1ccccc1Cl)NCC(=O)Nc1ccc([N+](=O)[O-])cc1. The number of non-ortho nitro benzene ring substituents is 1. The standard InChI is InChI=1S/C16H14ClN3O4/c17-14-4-2-1-3-11(14)9-15(21)18-10-16(22)19-12-5-7-13(8-6-12)20(23)24/h1-8H,9-10H2,(H,18,21)(H,19,22). The van der Waals surface area contributed by atoms with Crippen LogP contribution in [0.5, 0.6) is 0 Å². The molecule has 2 rings (SSSR count). The number of nitro groups is 1. The minimum Gasteiger partial charge on any atom is -0.347 e. The molecule has 2 amide bonds. The summed E-state index contributed by atoms with van der Waals surface area (Å²) in [5.74, 6) is -0.765. The highest BCUT2D eigenvalue weighted by Gasteiger charge is 2.10. The Morgan fingerprint density at radius 3 is 2.33 bits per heavy atom. The molecule has 0 bridgehead atoms. The van der Waals surface area contributed by atoms with Gasteiger partial charge in [0.25, 0.3) is 5.69 Å². The highest BCUT2D eigenvalue weighted by Crippen LogP contribution is 2.16. The van der Waals surface area contributed by atoms with Crippen LogP contribution in [0.25, 0.3) is 0 Å². The zero-order valence-corrected chi connectivity index (χ0v) is 13.2. The smallest absolute Gasteiger partial charge is 0.269 e.